The first-order chi connectivity index (χ1) is 12.8. The second kappa shape index (κ2) is 7.45. The first-order valence-corrected chi connectivity index (χ1v) is 11.8. The summed E-state index contributed by atoms with van der Waals surface area (Å²) in [6.45, 7) is 12.5. The smallest absolute Gasteiger partial charge is 0.410 e. The Balaban J connectivity index is 1.84. The number of hydrogen-bond donors (Lipinski definition) is 0. The fourth-order valence-corrected chi connectivity index (χ4v) is 5.50. The molecule has 0 saturated carbocycles. The number of thiazole rings is 1. The van der Waals surface area contributed by atoms with E-state index < -0.39 is 21.7 Å². The Morgan fingerprint density at radius 3 is 2.43 bits per heavy atom. The number of fused-ring (bicyclic) bond motifs is 1. The lowest BCUT2D eigenvalue weighted by atomic mass is 9.75. The van der Waals surface area contributed by atoms with Crippen molar-refractivity contribution >= 4 is 46.1 Å². The minimum Gasteiger partial charge on any atom is -0.591 e. The molecule has 1 aliphatic heterocycles. The van der Waals surface area contributed by atoms with E-state index in [4.69, 9.17) is 16.3 Å². The van der Waals surface area contributed by atoms with Crippen molar-refractivity contribution in [2.24, 2.45) is 9.81 Å². The molecule has 0 bridgehead atoms. The summed E-state index contributed by atoms with van der Waals surface area (Å²) in [6, 6.07) is 0. The number of amides is 1. The van der Waals surface area contributed by atoms with Gasteiger partial charge >= 0.3 is 6.09 Å². The van der Waals surface area contributed by atoms with Crippen molar-refractivity contribution in [2.45, 2.75) is 71.2 Å². The third kappa shape index (κ3) is 4.50. The van der Waals surface area contributed by atoms with Crippen LogP contribution in [0.3, 0.4) is 0 Å². The summed E-state index contributed by atoms with van der Waals surface area (Å²) >= 11 is 6.22. The largest absolute Gasteiger partial charge is 0.591 e. The number of carbonyl (C=O) groups is 1. The van der Waals surface area contributed by atoms with Crippen LogP contribution in [0.15, 0.2) is 4.40 Å². The normalized spacial score (nSPS) is 21.9. The Bertz CT molecular complexity index is 787. The van der Waals surface area contributed by atoms with Crippen LogP contribution in [0.25, 0.3) is 0 Å². The van der Waals surface area contributed by atoms with Crippen LogP contribution in [-0.4, -0.2) is 49.7 Å². The van der Waals surface area contributed by atoms with Crippen LogP contribution >= 0.6 is 22.9 Å². The van der Waals surface area contributed by atoms with Gasteiger partial charge in [0.1, 0.15) is 33.1 Å². The molecule has 1 aliphatic carbocycles. The van der Waals surface area contributed by atoms with Crippen LogP contribution in [0.5, 0.6) is 0 Å². The molecule has 9 heteroatoms. The molecule has 0 aromatic carbocycles. The van der Waals surface area contributed by atoms with E-state index in [2.05, 4.69) is 9.38 Å². The molecule has 6 nitrogen and oxygen atoms in total. The Morgan fingerprint density at radius 1 is 1.29 bits per heavy atom. The summed E-state index contributed by atoms with van der Waals surface area (Å²) in [5.74, 6) is 0. The van der Waals surface area contributed by atoms with Gasteiger partial charge in [0, 0.05) is 23.4 Å². The SMILES string of the molecule is CC(C)(C)OC(=O)N1CCC2(CC1)Cc1sc(Cl)nc1/C2=N\[S@@+]([O-])C(C)(C)C. The molecule has 1 amide bonds. The molecule has 1 saturated heterocycles. The van der Waals surface area contributed by atoms with E-state index in [1.807, 2.05) is 41.5 Å². The number of likely N-dealkylation sites (tertiary alicyclic amines) is 1. The minimum absolute atomic E-state index is 0.238. The zero-order valence-electron chi connectivity index (χ0n) is 17.3. The molecule has 28 heavy (non-hydrogen) atoms. The van der Waals surface area contributed by atoms with Gasteiger partial charge in [-0.3, -0.25) is 0 Å². The predicted octanol–water partition coefficient (Wildman–Crippen LogP) is 4.62. The van der Waals surface area contributed by atoms with Crippen LogP contribution in [0, 0.1) is 5.41 Å². The lowest BCUT2D eigenvalue weighted by molar-refractivity contribution is 0.0159. The average Bonchev–Trinajstić information content (AvgIpc) is 3.00. The molecular formula is C19H28ClN3O3S2. The van der Waals surface area contributed by atoms with E-state index in [9.17, 15) is 9.35 Å². The van der Waals surface area contributed by atoms with Crippen molar-refractivity contribution < 1.29 is 14.1 Å². The van der Waals surface area contributed by atoms with Crippen molar-refractivity contribution in [3.8, 4) is 0 Å². The van der Waals surface area contributed by atoms with Gasteiger partial charge < -0.3 is 14.2 Å². The van der Waals surface area contributed by atoms with Crippen LogP contribution in [-0.2, 0) is 22.5 Å². The third-order valence-corrected chi connectivity index (χ3v) is 7.52. The quantitative estimate of drug-likeness (QED) is 0.591. The van der Waals surface area contributed by atoms with Gasteiger partial charge in [-0.15, -0.1) is 11.3 Å². The second-order valence-electron chi connectivity index (χ2n) is 9.46. The number of hydrogen-bond acceptors (Lipinski definition) is 6. The highest BCUT2D eigenvalue weighted by molar-refractivity contribution is 7.91. The summed E-state index contributed by atoms with van der Waals surface area (Å²) in [5.41, 5.74) is 0.833. The number of carbonyl (C=O) groups excluding carboxylic acids is 1. The Kier molecular flexibility index (Phi) is 5.82. The molecule has 3 rings (SSSR count). The van der Waals surface area contributed by atoms with Gasteiger partial charge in [-0.25, -0.2) is 9.78 Å². The van der Waals surface area contributed by atoms with Gasteiger partial charge in [0.2, 0.25) is 0 Å². The molecule has 2 aliphatic rings. The van der Waals surface area contributed by atoms with Crippen LogP contribution in [0.4, 0.5) is 4.79 Å². The Morgan fingerprint density at radius 2 is 1.89 bits per heavy atom. The standard InChI is InChI=1S/C19H28ClN3O3S2/c1-17(2,3)26-16(24)23-9-7-19(8-10-23)11-12-13(21-15(20)27-12)14(19)22-28(25)18(4,5)6/h7-11H2,1-6H3/b22-14+/t28-/m0/s1. The summed E-state index contributed by atoms with van der Waals surface area (Å²) < 4.78 is 23.0. The molecule has 1 fully saturated rings. The van der Waals surface area contributed by atoms with Crippen molar-refractivity contribution in [1.82, 2.24) is 9.88 Å². The lowest BCUT2D eigenvalue weighted by Gasteiger charge is -2.39. The van der Waals surface area contributed by atoms with E-state index in [-0.39, 0.29) is 11.5 Å². The third-order valence-electron chi connectivity index (χ3n) is 4.97. The Labute approximate surface area is 179 Å². The molecule has 1 spiro atoms. The molecule has 1 aromatic rings. The van der Waals surface area contributed by atoms with Crippen molar-refractivity contribution in [3.63, 3.8) is 0 Å². The maximum Gasteiger partial charge on any atom is 0.410 e. The van der Waals surface area contributed by atoms with E-state index in [0.717, 1.165) is 35.5 Å². The number of rotatable bonds is 1. The lowest BCUT2D eigenvalue weighted by Crippen LogP contribution is -2.47. The highest BCUT2D eigenvalue weighted by Gasteiger charge is 2.50. The number of piperidine rings is 1. The topological polar surface area (TPSA) is 77.8 Å². The summed E-state index contributed by atoms with van der Waals surface area (Å²) in [6.07, 6.45) is 1.99. The summed E-state index contributed by atoms with van der Waals surface area (Å²) in [4.78, 5) is 19.7. The van der Waals surface area contributed by atoms with Gasteiger partial charge in [-0.1, -0.05) is 16.0 Å². The zero-order chi connectivity index (χ0) is 20.9. The van der Waals surface area contributed by atoms with Gasteiger partial charge in [-0.05, 0) is 60.8 Å². The first kappa shape index (κ1) is 21.9. The van der Waals surface area contributed by atoms with E-state index in [1.165, 1.54) is 11.3 Å². The van der Waals surface area contributed by atoms with Crippen molar-refractivity contribution in [2.75, 3.05) is 13.1 Å². The van der Waals surface area contributed by atoms with Crippen LogP contribution < -0.4 is 0 Å². The molecule has 1 aromatic heterocycles. The number of aromatic nitrogens is 1. The zero-order valence-corrected chi connectivity index (χ0v) is 19.7. The fourth-order valence-electron chi connectivity index (χ4n) is 3.49. The number of halogens is 1. The van der Waals surface area contributed by atoms with E-state index in [1.54, 1.807) is 4.90 Å². The van der Waals surface area contributed by atoms with Crippen LogP contribution in [0.2, 0.25) is 4.47 Å². The maximum atomic E-state index is 12.8. The van der Waals surface area contributed by atoms with Gasteiger partial charge in [0.05, 0.1) is 0 Å². The fraction of sp³-hybridized carbons (Fsp3) is 0.737. The molecule has 0 N–H and O–H groups in total. The van der Waals surface area contributed by atoms with Crippen LogP contribution in [0.1, 0.15) is 65.0 Å². The monoisotopic (exact) mass is 445 g/mol. The molecule has 1 atom stereocenters. The predicted molar refractivity (Wildman–Crippen MR) is 115 cm³/mol. The molecule has 156 valence electrons. The minimum atomic E-state index is -1.38. The second-order valence-corrected chi connectivity index (χ2v) is 13.0. The first-order valence-electron chi connectivity index (χ1n) is 9.45. The van der Waals surface area contributed by atoms with Crippen molar-refractivity contribution in [3.05, 3.63) is 15.0 Å². The molecule has 0 unspecified atom stereocenters. The Hall–Kier alpha value is -0.830. The average molecular weight is 446 g/mol. The summed E-state index contributed by atoms with van der Waals surface area (Å²) in [5, 5.41) is 0. The molecule has 0 radical (unpaired) electrons. The summed E-state index contributed by atoms with van der Waals surface area (Å²) in [7, 11) is 0. The molecular weight excluding hydrogens is 418 g/mol. The number of nitrogens with zero attached hydrogens (tertiary/aromatic N) is 3. The van der Waals surface area contributed by atoms with E-state index in [0.29, 0.717) is 17.6 Å². The maximum absolute atomic E-state index is 12.8. The number of ether oxygens (including phenoxy) is 1. The highest BCUT2D eigenvalue weighted by Crippen LogP contribution is 2.48. The van der Waals surface area contributed by atoms with Gasteiger partial charge in [-0.2, -0.15) is 0 Å². The van der Waals surface area contributed by atoms with Gasteiger partial charge in [0.15, 0.2) is 4.47 Å². The van der Waals surface area contributed by atoms with Gasteiger partial charge in [0.25, 0.3) is 0 Å². The van der Waals surface area contributed by atoms with Crippen molar-refractivity contribution in [1.29, 1.82) is 0 Å². The van der Waals surface area contributed by atoms with E-state index >= 15 is 0 Å². The molecule has 2 heterocycles. The highest BCUT2D eigenvalue weighted by atomic mass is 35.5.